The molecule has 0 saturated carbocycles. The van der Waals surface area contributed by atoms with Crippen molar-refractivity contribution in [2.45, 2.75) is 13.8 Å². The van der Waals surface area contributed by atoms with Crippen LogP contribution in [0.3, 0.4) is 0 Å². The second kappa shape index (κ2) is 8.11. The van der Waals surface area contributed by atoms with Gasteiger partial charge in [-0.25, -0.2) is 0 Å². The average Bonchev–Trinajstić information content (AvgIpc) is 1.82. The monoisotopic (exact) mass is 365 g/mol. The van der Waals surface area contributed by atoms with Gasteiger partial charge in [0.05, 0.1) is 0 Å². The molecule has 0 saturated heterocycles. The van der Waals surface area contributed by atoms with Crippen molar-refractivity contribution in [1.82, 2.24) is 4.90 Å². The first-order valence-corrected chi connectivity index (χ1v) is 3.51. The molecular weight excluding hydrogens is 348 g/mol. The van der Waals surface area contributed by atoms with Crippen molar-refractivity contribution in [1.29, 1.82) is 0 Å². The van der Waals surface area contributed by atoms with Crippen LogP contribution in [0.4, 0.5) is 0 Å². The number of nitrogens with zero attached hydrogens (tertiary/aromatic N) is 1. The molecule has 0 aromatic carbocycles. The minimum Gasteiger partial charge on any atom is -0.362 e. The molecule has 0 rings (SSSR count). The second-order valence-electron chi connectivity index (χ2n) is 2.69. The summed E-state index contributed by atoms with van der Waals surface area (Å²) in [6.45, 7) is 14.9. The van der Waals surface area contributed by atoms with E-state index in [1.165, 1.54) is 0 Å². The maximum absolute atomic E-state index is 3.80. The van der Waals surface area contributed by atoms with E-state index in [1.54, 1.807) is 0 Å². The van der Waals surface area contributed by atoms with E-state index in [0.717, 1.165) is 25.6 Å². The third-order valence-corrected chi connectivity index (χ3v) is 1.26. The summed E-state index contributed by atoms with van der Waals surface area (Å²) in [5.74, 6) is 0.730. The molecule has 10 heavy (non-hydrogen) atoms. The fraction of sp³-hybridized carbons (Fsp3) is 0.750. The normalized spacial score (nSPS) is 10.2. The molecule has 0 fully saturated rings. The zero-order valence-corrected chi connectivity index (χ0v) is 11.2. The summed E-state index contributed by atoms with van der Waals surface area (Å²) < 4.78 is 0. The molecule has 0 aliphatic rings. The molecule has 0 N–H and O–H groups in total. The molecule has 0 aliphatic carbocycles. The van der Waals surface area contributed by atoms with Crippen molar-refractivity contribution in [2.24, 2.45) is 5.92 Å². The summed E-state index contributed by atoms with van der Waals surface area (Å²) in [6.07, 6.45) is 0. The largest absolute Gasteiger partial charge is 2.00 e. The third kappa shape index (κ3) is 7.12. The van der Waals surface area contributed by atoms with Crippen LogP contribution in [0.15, 0.2) is 0 Å². The summed E-state index contributed by atoms with van der Waals surface area (Å²) in [4.78, 5) is 2.23. The molecule has 1 nitrogen and oxygen atoms in total. The fourth-order valence-electron chi connectivity index (χ4n) is 0.811. The van der Waals surface area contributed by atoms with E-state index in [0.29, 0.717) is 0 Å². The van der Waals surface area contributed by atoms with Crippen molar-refractivity contribution >= 4 is 0 Å². The minimum absolute atomic E-state index is 0. The Kier molecular flexibility index (Phi) is 11.0. The summed E-state index contributed by atoms with van der Waals surface area (Å²) in [5.41, 5.74) is 0. The van der Waals surface area contributed by atoms with Gasteiger partial charge in [0.25, 0.3) is 0 Å². The Morgan fingerprint density at radius 1 is 1.20 bits per heavy atom. The molecule has 0 radical (unpaired) electrons. The van der Waals surface area contributed by atoms with Gasteiger partial charge in [0, 0.05) is 0 Å². The van der Waals surface area contributed by atoms with Crippen molar-refractivity contribution in [2.75, 3.05) is 19.6 Å². The van der Waals surface area contributed by atoms with Crippen LogP contribution in [0.1, 0.15) is 13.8 Å². The summed E-state index contributed by atoms with van der Waals surface area (Å²) >= 11 is 0. The van der Waals surface area contributed by atoms with Gasteiger partial charge >= 0.3 is 31.1 Å². The van der Waals surface area contributed by atoms with E-state index in [-0.39, 0.29) is 31.1 Å². The quantitative estimate of drug-likeness (QED) is 0.685. The van der Waals surface area contributed by atoms with E-state index in [2.05, 4.69) is 32.6 Å². The summed E-state index contributed by atoms with van der Waals surface area (Å²) in [6, 6.07) is 0. The van der Waals surface area contributed by atoms with Gasteiger partial charge in [-0.05, 0) is 12.5 Å². The Bertz CT molecular complexity index is 60.3. The minimum atomic E-state index is 0. The van der Waals surface area contributed by atoms with Gasteiger partial charge < -0.3 is 18.7 Å². The van der Waals surface area contributed by atoms with Gasteiger partial charge in [-0.3, -0.25) is 0 Å². The first-order chi connectivity index (χ1) is 4.20. The van der Waals surface area contributed by atoms with Crippen molar-refractivity contribution in [3.63, 3.8) is 0 Å². The predicted octanol–water partition coefficient (Wildman–Crippen LogP) is 1.61. The Morgan fingerprint density at radius 3 is 1.70 bits per heavy atom. The molecular formula is C8H17NU. The van der Waals surface area contributed by atoms with Crippen LogP contribution in [0, 0.1) is 50.9 Å². The van der Waals surface area contributed by atoms with Crippen molar-refractivity contribution < 1.29 is 31.1 Å². The van der Waals surface area contributed by atoms with E-state index >= 15 is 0 Å². The van der Waals surface area contributed by atoms with Gasteiger partial charge in [0.2, 0.25) is 0 Å². The average molecular weight is 365 g/mol. The zero-order chi connectivity index (χ0) is 7.28. The number of rotatable bonds is 4. The smallest absolute Gasteiger partial charge is 0.362 e. The summed E-state index contributed by atoms with van der Waals surface area (Å²) in [5, 5.41) is 0. The molecule has 0 bridgehead atoms. The van der Waals surface area contributed by atoms with Crippen LogP contribution >= 0.6 is 0 Å². The molecule has 0 spiro atoms. The Balaban J connectivity index is 0. The molecule has 0 unspecified atom stereocenters. The molecule has 0 amide bonds. The third-order valence-electron chi connectivity index (χ3n) is 1.26. The standard InChI is InChI=1S/C8H17N.U/c1-5-9(6-2)7-8(3)4;/h8H,1-2,5-7H2,3-4H3;/q-2;+2. The van der Waals surface area contributed by atoms with E-state index in [1.807, 2.05) is 0 Å². The van der Waals surface area contributed by atoms with Gasteiger partial charge in [-0.15, -0.1) is 13.1 Å². The first kappa shape index (κ1) is 13.6. The molecule has 0 atom stereocenters. The van der Waals surface area contributed by atoms with Crippen LogP contribution < -0.4 is 0 Å². The molecule has 58 valence electrons. The molecule has 0 heterocycles. The molecule has 0 aliphatic heterocycles. The second-order valence-corrected chi connectivity index (χ2v) is 2.69. The first-order valence-electron chi connectivity index (χ1n) is 3.51. The van der Waals surface area contributed by atoms with Crippen LogP contribution in [0.2, 0.25) is 0 Å². The summed E-state index contributed by atoms with van der Waals surface area (Å²) in [7, 11) is 0. The topological polar surface area (TPSA) is 3.24 Å². The molecule has 2 heteroatoms. The number of hydrogen-bond acceptors (Lipinski definition) is 1. The van der Waals surface area contributed by atoms with Gasteiger partial charge in [0.15, 0.2) is 0 Å². The SMILES string of the molecule is [CH2-]CN(C[CH2-])CC(C)C.[U+2]. The predicted molar refractivity (Wildman–Crippen MR) is 42.0 cm³/mol. The Labute approximate surface area is 88.9 Å². The fourth-order valence-corrected chi connectivity index (χ4v) is 0.811. The van der Waals surface area contributed by atoms with Crippen LogP contribution in [-0.2, 0) is 0 Å². The Morgan fingerprint density at radius 2 is 1.60 bits per heavy atom. The van der Waals surface area contributed by atoms with E-state index < -0.39 is 0 Å². The molecule has 0 aromatic heterocycles. The Hall–Kier alpha value is 1.01. The van der Waals surface area contributed by atoms with Gasteiger partial charge in [-0.2, -0.15) is 0 Å². The van der Waals surface area contributed by atoms with E-state index in [4.69, 9.17) is 0 Å². The maximum Gasteiger partial charge on any atom is 2.00 e. The zero-order valence-electron chi connectivity index (χ0n) is 7.06. The van der Waals surface area contributed by atoms with Gasteiger partial charge in [0.1, 0.15) is 0 Å². The van der Waals surface area contributed by atoms with Crippen molar-refractivity contribution in [3.8, 4) is 0 Å². The number of hydrogen-bond donors (Lipinski definition) is 0. The van der Waals surface area contributed by atoms with Crippen molar-refractivity contribution in [3.05, 3.63) is 13.8 Å². The van der Waals surface area contributed by atoms with Gasteiger partial charge in [-0.1, -0.05) is 13.8 Å². The maximum atomic E-state index is 3.80. The van der Waals surface area contributed by atoms with Crippen LogP contribution in [-0.4, -0.2) is 24.5 Å². The van der Waals surface area contributed by atoms with Crippen LogP contribution in [0.5, 0.6) is 0 Å². The van der Waals surface area contributed by atoms with E-state index in [9.17, 15) is 0 Å². The van der Waals surface area contributed by atoms with Crippen LogP contribution in [0.25, 0.3) is 0 Å². The molecule has 0 aromatic rings.